The van der Waals surface area contributed by atoms with Gasteiger partial charge in [0.15, 0.2) is 0 Å². The SMILES string of the molecule is CC1=[C-]C(C)(C)C(C)=C1C.Cc1[cH-]c2ccccc2c1Pc1ccccc1.[Cl-].[Cl-].[Ti+4]. The van der Waals surface area contributed by atoms with Gasteiger partial charge >= 0.3 is 21.7 Å². The maximum atomic E-state index is 3.44. The molecule has 0 saturated carbocycles. The molecule has 0 spiro atoms. The van der Waals surface area contributed by atoms with E-state index < -0.39 is 0 Å². The molecule has 156 valence electrons. The first kappa shape index (κ1) is 29.3. The number of benzene rings is 2. The monoisotopic (exact) mass is 490 g/mol. The molecular formula is C26H29Cl2PTi. The fraction of sp³-hybridized carbons (Fsp3) is 0.269. The molecule has 1 atom stereocenters. The Morgan fingerprint density at radius 1 is 0.833 bits per heavy atom. The summed E-state index contributed by atoms with van der Waals surface area (Å²) in [6.07, 6.45) is 3.44. The third kappa shape index (κ3) is 6.62. The number of hydrogen-bond donors (Lipinski definition) is 0. The van der Waals surface area contributed by atoms with Crippen LogP contribution in [0.1, 0.15) is 40.2 Å². The van der Waals surface area contributed by atoms with E-state index >= 15 is 0 Å². The van der Waals surface area contributed by atoms with Crippen LogP contribution in [-0.4, -0.2) is 0 Å². The quantitative estimate of drug-likeness (QED) is 0.280. The first-order valence-electron chi connectivity index (χ1n) is 9.57. The van der Waals surface area contributed by atoms with Crippen molar-refractivity contribution in [3.63, 3.8) is 0 Å². The molecule has 1 aliphatic carbocycles. The molecule has 1 aliphatic rings. The van der Waals surface area contributed by atoms with Crippen LogP contribution in [0.15, 0.2) is 77.4 Å². The number of fused-ring (bicyclic) bond motifs is 1. The summed E-state index contributed by atoms with van der Waals surface area (Å²) in [5.41, 5.74) is 5.81. The van der Waals surface area contributed by atoms with Crippen molar-refractivity contribution < 1.29 is 46.5 Å². The molecule has 3 aromatic rings. The molecule has 0 fully saturated rings. The molecule has 0 bridgehead atoms. The van der Waals surface area contributed by atoms with Gasteiger partial charge < -0.3 is 24.8 Å². The Bertz CT molecular complexity index is 1010. The van der Waals surface area contributed by atoms with Crippen molar-refractivity contribution in [3.8, 4) is 0 Å². The molecule has 4 heteroatoms. The zero-order valence-electron chi connectivity index (χ0n) is 18.5. The van der Waals surface area contributed by atoms with Crippen molar-refractivity contribution in [2.24, 2.45) is 5.41 Å². The Labute approximate surface area is 211 Å². The third-order valence-corrected chi connectivity index (χ3v) is 7.14. The van der Waals surface area contributed by atoms with E-state index in [9.17, 15) is 0 Å². The van der Waals surface area contributed by atoms with Gasteiger partial charge in [-0.05, 0) is 5.30 Å². The second-order valence-corrected chi connectivity index (χ2v) is 9.23. The molecule has 0 amide bonds. The number of aryl methyl sites for hydroxylation is 1. The van der Waals surface area contributed by atoms with Crippen molar-refractivity contribution >= 4 is 30.0 Å². The largest absolute Gasteiger partial charge is 4.00 e. The van der Waals surface area contributed by atoms with E-state index in [2.05, 4.69) is 108 Å². The van der Waals surface area contributed by atoms with E-state index in [1.807, 2.05) is 0 Å². The second kappa shape index (κ2) is 12.3. The zero-order chi connectivity index (χ0) is 19.6. The summed E-state index contributed by atoms with van der Waals surface area (Å²) in [5, 5.41) is 5.68. The van der Waals surface area contributed by atoms with Crippen molar-refractivity contribution in [2.75, 3.05) is 0 Å². The van der Waals surface area contributed by atoms with Crippen molar-refractivity contribution in [1.82, 2.24) is 0 Å². The van der Waals surface area contributed by atoms with Crippen LogP contribution in [0.3, 0.4) is 0 Å². The van der Waals surface area contributed by atoms with Crippen LogP contribution in [-0.2, 0) is 21.7 Å². The van der Waals surface area contributed by atoms with Crippen molar-refractivity contribution in [3.05, 3.63) is 89.0 Å². The molecule has 0 nitrogen and oxygen atoms in total. The number of hydrogen-bond acceptors (Lipinski definition) is 0. The predicted molar refractivity (Wildman–Crippen MR) is 123 cm³/mol. The number of rotatable bonds is 2. The summed E-state index contributed by atoms with van der Waals surface area (Å²) in [5.74, 6) is 0. The maximum Gasteiger partial charge on any atom is 4.00 e. The Morgan fingerprint density at radius 3 is 1.90 bits per heavy atom. The van der Waals surface area contributed by atoms with Crippen molar-refractivity contribution in [2.45, 2.75) is 41.5 Å². The molecular weight excluding hydrogens is 462 g/mol. The number of allylic oxidation sites excluding steroid dienone is 4. The Balaban J connectivity index is 0.000000569. The average molecular weight is 491 g/mol. The molecule has 3 aromatic carbocycles. The minimum absolute atomic E-state index is 0. The van der Waals surface area contributed by atoms with Crippen molar-refractivity contribution in [1.29, 1.82) is 0 Å². The van der Waals surface area contributed by atoms with Gasteiger partial charge in [0.1, 0.15) is 0 Å². The van der Waals surface area contributed by atoms with Gasteiger partial charge in [-0.2, -0.15) is 11.1 Å². The van der Waals surface area contributed by atoms with Gasteiger partial charge in [-0.1, -0.05) is 76.4 Å². The van der Waals surface area contributed by atoms with Gasteiger partial charge in [-0.25, -0.2) is 5.57 Å². The molecule has 0 N–H and O–H groups in total. The molecule has 1 unspecified atom stereocenters. The van der Waals surface area contributed by atoms with Crippen LogP contribution in [0.2, 0.25) is 0 Å². The first-order valence-corrected chi connectivity index (χ1v) is 10.6. The normalized spacial score (nSPS) is 14.4. The Hall–Kier alpha value is -0.746. The van der Waals surface area contributed by atoms with Crippen LogP contribution in [0.25, 0.3) is 10.8 Å². The fourth-order valence-corrected chi connectivity index (χ4v) is 4.89. The Morgan fingerprint density at radius 2 is 1.40 bits per heavy atom. The molecule has 30 heavy (non-hydrogen) atoms. The molecule has 0 aromatic heterocycles. The predicted octanol–water partition coefficient (Wildman–Crippen LogP) is 0.614. The van der Waals surface area contributed by atoms with Gasteiger partial charge in [-0.3, -0.25) is 6.08 Å². The molecule has 0 aliphatic heterocycles. The fourth-order valence-electron chi connectivity index (χ4n) is 3.61. The van der Waals surface area contributed by atoms with Crippen LogP contribution in [0.4, 0.5) is 0 Å². The van der Waals surface area contributed by atoms with Gasteiger partial charge in [0, 0.05) is 0 Å². The van der Waals surface area contributed by atoms with E-state index in [1.165, 1.54) is 43.7 Å². The van der Waals surface area contributed by atoms with Gasteiger partial charge in [0.25, 0.3) is 0 Å². The van der Waals surface area contributed by atoms with E-state index in [0.29, 0.717) is 0 Å². The third-order valence-electron chi connectivity index (χ3n) is 5.60. The molecule has 0 saturated heterocycles. The topological polar surface area (TPSA) is 0 Å². The second-order valence-electron chi connectivity index (χ2n) is 7.91. The van der Waals surface area contributed by atoms with Crippen LogP contribution < -0.4 is 35.4 Å². The van der Waals surface area contributed by atoms with Crippen LogP contribution in [0, 0.1) is 18.4 Å². The smallest absolute Gasteiger partial charge is 1.00 e. The summed E-state index contributed by atoms with van der Waals surface area (Å²) in [4.78, 5) is 0. The standard InChI is InChI=1S/C16H14P.C10H15.2ClH.Ti/c1-12-11-13-7-5-6-10-15(13)16(12)17-14-8-3-2-4-9-14;1-7-6-10(4,5)9(3)8(7)2;;;/h2-11,17H,1H3;1-5H3;2*1H;/q2*-1;;;+4/p-2. The van der Waals surface area contributed by atoms with Gasteiger partial charge in [0.05, 0.1) is 0 Å². The molecule has 4 rings (SSSR count). The Kier molecular flexibility index (Phi) is 12.0. The summed E-state index contributed by atoms with van der Waals surface area (Å²) in [6.45, 7) is 13.1. The van der Waals surface area contributed by atoms with Gasteiger partial charge in [-0.15, -0.1) is 61.4 Å². The van der Waals surface area contributed by atoms with Crippen LogP contribution in [0.5, 0.6) is 0 Å². The summed E-state index contributed by atoms with van der Waals surface area (Å²) in [7, 11) is 0.754. The molecule has 0 radical (unpaired) electrons. The maximum absolute atomic E-state index is 3.44. The summed E-state index contributed by atoms with van der Waals surface area (Å²) in [6, 6.07) is 21.7. The van der Waals surface area contributed by atoms with E-state index in [0.717, 1.165) is 8.58 Å². The summed E-state index contributed by atoms with van der Waals surface area (Å²) >= 11 is 0. The van der Waals surface area contributed by atoms with E-state index in [-0.39, 0.29) is 51.9 Å². The van der Waals surface area contributed by atoms with Gasteiger partial charge in [0.2, 0.25) is 0 Å². The first-order chi connectivity index (χ1) is 12.8. The number of halogens is 2. The zero-order valence-corrected chi connectivity index (χ0v) is 22.6. The summed E-state index contributed by atoms with van der Waals surface area (Å²) < 4.78 is 0. The minimum Gasteiger partial charge on any atom is -1.00 e. The van der Waals surface area contributed by atoms with E-state index in [1.54, 1.807) is 0 Å². The van der Waals surface area contributed by atoms with E-state index in [4.69, 9.17) is 0 Å². The minimum atomic E-state index is 0. The molecule has 0 heterocycles. The van der Waals surface area contributed by atoms with Crippen LogP contribution >= 0.6 is 8.58 Å². The average Bonchev–Trinajstić information content (AvgIpc) is 3.05.